The number of anilines is 2. The Kier molecular flexibility index (Phi) is 3.01. The molecule has 0 radical (unpaired) electrons. The second-order valence-corrected chi connectivity index (χ2v) is 6.20. The van der Waals surface area contributed by atoms with Crippen LogP contribution in [-0.4, -0.2) is 46.6 Å². The van der Waals surface area contributed by atoms with Crippen molar-refractivity contribution in [3.05, 3.63) is 6.33 Å². The molecule has 0 bridgehead atoms. The van der Waals surface area contributed by atoms with Crippen LogP contribution in [0.25, 0.3) is 11.2 Å². The fraction of sp³-hybridized carbons (Fsp3) is 0.400. The normalized spacial score (nSPS) is 19.6. The average molecular weight is 314 g/mol. The average Bonchev–Trinajstić information content (AvgIpc) is 2.93. The predicted octanol–water partition coefficient (Wildman–Crippen LogP) is -0.413. The van der Waals surface area contributed by atoms with Gasteiger partial charge in [-0.25, -0.2) is 4.98 Å². The van der Waals surface area contributed by atoms with Gasteiger partial charge in [0.2, 0.25) is 11.9 Å². The Hall–Kier alpha value is -2.30. The molecule has 3 rings (SSSR count). The lowest BCUT2D eigenvalue weighted by Gasteiger charge is -2.14. The summed E-state index contributed by atoms with van der Waals surface area (Å²) in [6, 6.07) is 0. The van der Waals surface area contributed by atoms with E-state index in [4.69, 9.17) is 5.73 Å². The first-order valence-electron chi connectivity index (χ1n) is 6.03. The van der Waals surface area contributed by atoms with Crippen LogP contribution >= 0.6 is 0 Å². The molecular formula is C10H11FN6O3S. The smallest absolute Gasteiger partial charge is 0.302 e. The number of hydrogen-bond donors (Lipinski definition) is 2. The molecule has 3 N–H and O–H groups in total. The number of nitrogen functional groups attached to an aromatic ring is 1. The topological polar surface area (TPSA) is 135 Å². The summed E-state index contributed by atoms with van der Waals surface area (Å²) in [5, 5.41) is 0. The summed E-state index contributed by atoms with van der Waals surface area (Å²) in [6.07, 6.45) is 1.31. The number of halogens is 1. The molecule has 112 valence electrons. The minimum Gasteiger partial charge on any atom is -0.382 e. The molecule has 0 saturated carbocycles. The molecule has 11 heteroatoms. The lowest BCUT2D eigenvalue weighted by atomic mass is 10.1. The summed E-state index contributed by atoms with van der Waals surface area (Å²) in [7, 11) is -4.63. The molecule has 0 aliphatic carbocycles. The van der Waals surface area contributed by atoms with Gasteiger partial charge in [0.25, 0.3) is 0 Å². The molecule has 9 nitrogen and oxygen atoms in total. The van der Waals surface area contributed by atoms with Crippen LogP contribution in [0.2, 0.25) is 0 Å². The lowest BCUT2D eigenvalue weighted by molar-refractivity contribution is -0.117. The second kappa shape index (κ2) is 4.62. The number of nitrogens with two attached hydrogens (primary N) is 1. The van der Waals surface area contributed by atoms with E-state index in [1.54, 1.807) is 0 Å². The number of amides is 1. The Morgan fingerprint density at radius 1 is 1.48 bits per heavy atom. The van der Waals surface area contributed by atoms with E-state index in [2.05, 4.69) is 19.9 Å². The summed E-state index contributed by atoms with van der Waals surface area (Å²) in [5.74, 6) is -1.54. The van der Waals surface area contributed by atoms with Crippen LogP contribution < -0.4 is 10.6 Å². The number of aromatic nitrogens is 4. The highest BCUT2D eigenvalue weighted by Gasteiger charge is 2.35. The van der Waals surface area contributed by atoms with Crippen LogP contribution in [0, 0.1) is 5.92 Å². The van der Waals surface area contributed by atoms with Gasteiger partial charge in [0.05, 0.1) is 12.1 Å². The minimum atomic E-state index is -4.63. The summed E-state index contributed by atoms with van der Waals surface area (Å²) >= 11 is 0. The lowest BCUT2D eigenvalue weighted by Crippen LogP contribution is -2.27. The molecule has 2 aromatic rings. The van der Waals surface area contributed by atoms with Gasteiger partial charge in [-0.15, -0.1) is 3.89 Å². The van der Waals surface area contributed by atoms with Crippen molar-refractivity contribution in [2.75, 3.05) is 22.9 Å². The highest BCUT2D eigenvalue weighted by atomic mass is 32.3. The highest BCUT2D eigenvalue weighted by Crippen LogP contribution is 2.26. The Bertz CT molecular complexity index is 819. The van der Waals surface area contributed by atoms with Crippen LogP contribution in [-0.2, 0) is 15.0 Å². The molecule has 1 unspecified atom stereocenters. The molecule has 3 heterocycles. The molecule has 1 amide bonds. The van der Waals surface area contributed by atoms with Gasteiger partial charge >= 0.3 is 10.2 Å². The Morgan fingerprint density at radius 2 is 2.24 bits per heavy atom. The number of imidazole rings is 1. The third kappa shape index (κ3) is 2.63. The van der Waals surface area contributed by atoms with Crippen molar-refractivity contribution in [1.82, 2.24) is 19.9 Å². The van der Waals surface area contributed by atoms with Crippen molar-refractivity contribution in [3.63, 3.8) is 0 Å². The van der Waals surface area contributed by atoms with Gasteiger partial charge in [-0.3, -0.25) is 9.69 Å². The van der Waals surface area contributed by atoms with Crippen molar-refractivity contribution in [1.29, 1.82) is 0 Å². The van der Waals surface area contributed by atoms with Crippen molar-refractivity contribution in [2.45, 2.75) is 6.42 Å². The summed E-state index contributed by atoms with van der Waals surface area (Å²) < 4.78 is 34.0. The van der Waals surface area contributed by atoms with Gasteiger partial charge in [0.1, 0.15) is 5.52 Å². The predicted molar refractivity (Wildman–Crippen MR) is 71.5 cm³/mol. The molecule has 1 aliphatic rings. The maximum atomic E-state index is 12.7. The molecule has 1 saturated heterocycles. The van der Waals surface area contributed by atoms with Crippen LogP contribution in [0.5, 0.6) is 0 Å². The van der Waals surface area contributed by atoms with E-state index >= 15 is 0 Å². The SMILES string of the molecule is Nc1nc(N2CC(CS(=O)(=O)F)CC2=O)nc2nc[nH]c12. The molecule has 0 spiro atoms. The fourth-order valence-corrected chi connectivity index (χ4v) is 3.12. The molecule has 0 aromatic carbocycles. The van der Waals surface area contributed by atoms with Crippen molar-refractivity contribution >= 4 is 39.1 Å². The first kappa shape index (κ1) is 13.7. The first-order chi connectivity index (χ1) is 9.83. The van der Waals surface area contributed by atoms with Crippen molar-refractivity contribution < 1.29 is 17.1 Å². The molecule has 1 fully saturated rings. The first-order valence-corrected chi connectivity index (χ1v) is 7.58. The molecule has 1 aliphatic heterocycles. The number of nitrogens with one attached hydrogen (secondary N) is 1. The Labute approximate surface area is 118 Å². The number of rotatable bonds is 3. The van der Waals surface area contributed by atoms with Gasteiger partial charge in [-0.1, -0.05) is 0 Å². The number of hydrogen-bond acceptors (Lipinski definition) is 7. The van der Waals surface area contributed by atoms with Gasteiger partial charge in [-0.05, 0) is 0 Å². The number of nitrogens with zero attached hydrogens (tertiary/aromatic N) is 4. The van der Waals surface area contributed by atoms with Crippen molar-refractivity contribution in [3.8, 4) is 0 Å². The standard InChI is InChI=1S/C10H11FN6O3S/c11-21(19,20)3-5-1-6(18)17(2-5)10-15-8(12)7-9(16-10)14-4-13-7/h4-5H,1-3H2,(H3,12,13,14,15,16). The Balaban J connectivity index is 1.90. The maximum absolute atomic E-state index is 12.7. The molecule has 2 aromatic heterocycles. The van der Waals surface area contributed by atoms with E-state index in [0.717, 1.165) is 0 Å². The number of carbonyl (C=O) groups excluding carboxylic acids is 1. The van der Waals surface area contributed by atoms with E-state index in [-0.39, 0.29) is 30.6 Å². The summed E-state index contributed by atoms with van der Waals surface area (Å²) in [4.78, 5) is 27.9. The van der Waals surface area contributed by atoms with E-state index in [1.807, 2.05) is 0 Å². The van der Waals surface area contributed by atoms with Crippen LogP contribution in [0.15, 0.2) is 6.33 Å². The third-order valence-corrected chi connectivity index (χ3v) is 4.05. The fourth-order valence-electron chi connectivity index (χ4n) is 2.33. The maximum Gasteiger partial charge on any atom is 0.302 e. The third-order valence-electron chi connectivity index (χ3n) is 3.18. The summed E-state index contributed by atoms with van der Waals surface area (Å²) in [5.41, 5.74) is 6.48. The number of aromatic amines is 1. The van der Waals surface area contributed by atoms with Gasteiger partial charge in [0.15, 0.2) is 11.5 Å². The molecule has 21 heavy (non-hydrogen) atoms. The van der Waals surface area contributed by atoms with Crippen LogP contribution in [0.4, 0.5) is 15.7 Å². The van der Waals surface area contributed by atoms with E-state index in [9.17, 15) is 17.1 Å². The van der Waals surface area contributed by atoms with Crippen LogP contribution in [0.1, 0.15) is 6.42 Å². The summed E-state index contributed by atoms with van der Waals surface area (Å²) in [6.45, 7) is 0.0252. The van der Waals surface area contributed by atoms with Gasteiger partial charge < -0.3 is 10.7 Å². The minimum absolute atomic E-state index is 0.0252. The van der Waals surface area contributed by atoms with Gasteiger partial charge in [0, 0.05) is 18.9 Å². The van der Waals surface area contributed by atoms with E-state index < -0.39 is 21.9 Å². The zero-order chi connectivity index (χ0) is 15.2. The van der Waals surface area contributed by atoms with E-state index in [1.165, 1.54) is 11.2 Å². The quantitative estimate of drug-likeness (QED) is 0.735. The molecule has 1 atom stereocenters. The van der Waals surface area contributed by atoms with Crippen molar-refractivity contribution in [2.24, 2.45) is 5.92 Å². The zero-order valence-electron chi connectivity index (χ0n) is 10.7. The number of fused-ring (bicyclic) bond motifs is 1. The van der Waals surface area contributed by atoms with E-state index in [0.29, 0.717) is 11.2 Å². The molecular weight excluding hydrogens is 303 g/mol. The zero-order valence-corrected chi connectivity index (χ0v) is 11.5. The number of carbonyl (C=O) groups is 1. The largest absolute Gasteiger partial charge is 0.382 e. The monoisotopic (exact) mass is 314 g/mol. The second-order valence-electron chi connectivity index (χ2n) is 4.79. The Morgan fingerprint density at radius 3 is 2.95 bits per heavy atom. The van der Waals surface area contributed by atoms with Gasteiger partial charge in [-0.2, -0.15) is 18.4 Å². The number of H-pyrrole nitrogens is 1. The highest BCUT2D eigenvalue weighted by molar-refractivity contribution is 7.86. The van der Waals surface area contributed by atoms with Crippen LogP contribution in [0.3, 0.4) is 0 Å².